The van der Waals surface area contributed by atoms with Crippen LogP contribution >= 0.6 is 0 Å². The Labute approximate surface area is 306 Å². The molecule has 10 aromatic rings. The summed E-state index contributed by atoms with van der Waals surface area (Å²) in [6.45, 7) is 0. The van der Waals surface area contributed by atoms with Gasteiger partial charge in [0, 0.05) is 33.0 Å². The van der Waals surface area contributed by atoms with Gasteiger partial charge in [0.25, 0.3) is 0 Å². The summed E-state index contributed by atoms with van der Waals surface area (Å²) in [6, 6.07) is 65.1. The van der Waals surface area contributed by atoms with E-state index in [1.54, 1.807) is 0 Å². The summed E-state index contributed by atoms with van der Waals surface area (Å²) in [6.07, 6.45) is 0. The highest BCUT2D eigenvalue weighted by molar-refractivity contribution is 6.15. The Bertz CT molecular complexity index is 2910. The molecule has 0 amide bonds. The topological polar surface area (TPSA) is 51.8 Å². The first kappa shape index (κ1) is 30.6. The SMILES string of the molecule is c1ccc(-c2ccc(-c3ccc(-c4nc(-c5ccccc5)nc(-c5ccc(-c6cccc7ccccc67)cc5)n4)c4c3oc3ccccc34)cc2)cc1. The van der Waals surface area contributed by atoms with Gasteiger partial charge < -0.3 is 4.42 Å². The minimum Gasteiger partial charge on any atom is -0.455 e. The van der Waals surface area contributed by atoms with Gasteiger partial charge >= 0.3 is 0 Å². The number of furan rings is 1. The highest BCUT2D eigenvalue weighted by atomic mass is 16.3. The van der Waals surface area contributed by atoms with Crippen molar-refractivity contribution in [3.8, 4) is 67.5 Å². The predicted octanol–water partition coefficient (Wildman–Crippen LogP) is 12.9. The van der Waals surface area contributed by atoms with Crippen LogP contribution in [0.5, 0.6) is 0 Å². The molecule has 0 N–H and O–H groups in total. The number of nitrogens with zero attached hydrogens (tertiary/aromatic N) is 3. The van der Waals surface area contributed by atoms with Crippen molar-refractivity contribution in [1.29, 1.82) is 0 Å². The number of para-hydroxylation sites is 1. The van der Waals surface area contributed by atoms with Crippen LogP contribution in [0.15, 0.2) is 192 Å². The summed E-state index contributed by atoms with van der Waals surface area (Å²) in [5.41, 5.74) is 11.1. The van der Waals surface area contributed by atoms with Crippen LogP contribution in [0.3, 0.4) is 0 Å². The molecule has 0 bridgehead atoms. The second-order valence-electron chi connectivity index (χ2n) is 13.2. The second kappa shape index (κ2) is 12.9. The molecular weight excluding hydrogens is 647 g/mol. The van der Waals surface area contributed by atoms with Crippen LogP contribution < -0.4 is 0 Å². The molecule has 4 heteroatoms. The number of hydrogen-bond acceptors (Lipinski definition) is 4. The van der Waals surface area contributed by atoms with E-state index in [1.807, 2.05) is 54.6 Å². The largest absolute Gasteiger partial charge is 0.455 e. The van der Waals surface area contributed by atoms with Gasteiger partial charge in [-0.3, -0.25) is 0 Å². The number of benzene rings is 8. The fourth-order valence-corrected chi connectivity index (χ4v) is 7.33. The van der Waals surface area contributed by atoms with E-state index in [-0.39, 0.29) is 0 Å². The number of aromatic nitrogens is 3. The second-order valence-corrected chi connectivity index (χ2v) is 13.2. The standard InChI is InChI=1S/C49H31N3O/c1-3-12-32(13-4-1)33-22-24-36(25-23-33)41-30-31-43(45-42-19-9-10-21-44(42)53-46(41)45)49-51-47(37-15-5-2-6-16-37)50-48(52-49)38-28-26-35(27-29-38)40-20-11-17-34-14-7-8-18-39(34)40/h1-31H. The Morgan fingerprint density at radius 2 is 0.792 bits per heavy atom. The minimum absolute atomic E-state index is 0.592. The van der Waals surface area contributed by atoms with Crippen molar-refractivity contribution in [2.24, 2.45) is 0 Å². The molecule has 53 heavy (non-hydrogen) atoms. The maximum absolute atomic E-state index is 6.66. The quantitative estimate of drug-likeness (QED) is 0.176. The lowest BCUT2D eigenvalue weighted by Gasteiger charge is -2.12. The van der Waals surface area contributed by atoms with Crippen LogP contribution in [-0.2, 0) is 0 Å². The minimum atomic E-state index is 0.592. The van der Waals surface area contributed by atoms with Crippen molar-refractivity contribution >= 4 is 32.7 Å². The smallest absolute Gasteiger partial charge is 0.164 e. The van der Waals surface area contributed by atoms with Crippen LogP contribution in [0, 0.1) is 0 Å². The molecule has 0 spiro atoms. The molecule has 0 aliphatic rings. The van der Waals surface area contributed by atoms with E-state index in [0.717, 1.165) is 55.3 Å². The average molecular weight is 678 g/mol. The zero-order chi connectivity index (χ0) is 35.1. The summed E-state index contributed by atoms with van der Waals surface area (Å²) in [4.78, 5) is 15.3. The molecule has 0 saturated heterocycles. The van der Waals surface area contributed by atoms with E-state index in [0.29, 0.717) is 17.5 Å². The molecule has 248 valence electrons. The van der Waals surface area contributed by atoms with Crippen molar-refractivity contribution in [3.63, 3.8) is 0 Å². The van der Waals surface area contributed by atoms with Crippen molar-refractivity contribution in [1.82, 2.24) is 15.0 Å². The molecule has 2 heterocycles. The Hall–Kier alpha value is -7.17. The van der Waals surface area contributed by atoms with Crippen molar-refractivity contribution in [2.75, 3.05) is 0 Å². The lowest BCUT2D eigenvalue weighted by molar-refractivity contribution is 0.670. The van der Waals surface area contributed by atoms with Gasteiger partial charge in [0.05, 0.1) is 0 Å². The fraction of sp³-hybridized carbons (Fsp3) is 0. The molecule has 0 fully saturated rings. The van der Waals surface area contributed by atoms with Gasteiger partial charge in [-0.2, -0.15) is 0 Å². The predicted molar refractivity (Wildman–Crippen MR) is 217 cm³/mol. The van der Waals surface area contributed by atoms with Gasteiger partial charge in [-0.05, 0) is 56.8 Å². The molecule has 0 radical (unpaired) electrons. The highest BCUT2D eigenvalue weighted by Gasteiger charge is 2.21. The first-order valence-electron chi connectivity index (χ1n) is 17.8. The van der Waals surface area contributed by atoms with Crippen LogP contribution in [0.4, 0.5) is 0 Å². The van der Waals surface area contributed by atoms with Crippen LogP contribution in [-0.4, -0.2) is 15.0 Å². The Morgan fingerprint density at radius 3 is 1.53 bits per heavy atom. The zero-order valence-electron chi connectivity index (χ0n) is 28.6. The molecule has 0 atom stereocenters. The molecule has 4 nitrogen and oxygen atoms in total. The molecule has 8 aromatic carbocycles. The Morgan fingerprint density at radius 1 is 0.302 bits per heavy atom. The van der Waals surface area contributed by atoms with Gasteiger partial charge in [0.1, 0.15) is 11.2 Å². The van der Waals surface area contributed by atoms with Crippen molar-refractivity contribution in [2.45, 2.75) is 0 Å². The van der Waals surface area contributed by atoms with E-state index in [9.17, 15) is 0 Å². The molecule has 10 rings (SSSR count). The molecular formula is C49H31N3O. The normalized spacial score (nSPS) is 11.4. The summed E-state index contributed by atoms with van der Waals surface area (Å²) in [7, 11) is 0. The Balaban J connectivity index is 1.13. The molecule has 2 aromatic heterocycles. The van der Waals surface area contributed by atoms with Crippen LogP contribution in [0.1, 0.15) is 0 Å². The number of rotatable bonds is 6. The maximum atomic E-state index is 6.66. The van der Waals surface area contributed by atoms with Crippen LogP contribution in [0.25, 0.3) is 100 Å². The van der Waals surface area contributed by atoms with Gasteiger partial charge in [0.15, 0.2) is 17.5 Å². The lowest BCUT2D eigenvalue weighted by Crippen LogP contribution is -2.00. The van der Waals surface area contributed by atoms with Gasteiger partial charge in [0.2, 0.25) is 0 Å². The van der Waals surface area contributed by atoms with Gasteiger partial charge in [-0.15, -0.1) is 0 Å². The molecule has 0 aliphatic carbocycles. The number of fused-ring (bicyclic) bond motifs is 4. The summed E-state index contributed by atoms with van der Waals surface area (Å²) in [5, 5.41) is 4.44. The maximum Gasteiger partial charge on any atom is 0.164 e. The fourth-order valence-electron chi connectivity index (χ4n) is 7.33. The monoisotopic (exact) mass is 677 g/mol. The van der Waals surface area contributed by atoms with Crippen molar-refractivity contribution in [3.05, 3.63) is 188 Å². The number of hydrogen-bond donors (Lipinski definition) is 0. The highest BCUT2D eigenvalue weighted by Crippen LogP contribution is 2.42. The average Bonchev–Trinajstić information content (AvgIpc) is 3.64. The zero-order valence-corrected chi connectivity index (χ0v) is 28.6. The molecule has 0 aliphatic heterocycles. The van der Waals surface area contributed by atoms with E-state index in [2.05, 4.69) is 133 Å². The van der Waals surface area contributed by atoms with E-state index in [1.165, 1.54) is 27.5 Å². The lowest BCUT2D eigenvalue weighted by atomic mass is 9.96. The van der Waals surface area contributed by atoms with Crippen LogP contribution in [0.2, 0.25) is 0 Å². The summed E-state index contributed by atoms with van der Waals surface area (Å²) >= 11 is 0. The third-order valence-electron chi connectivity index (χ3n) is 9.98. The van der Waals surface area contributed by atoms with Crippen molar-refractivity contribution < 1.29 is 4.42 Å². The van der Waals surface area contributed by atoms with Gasteiger partial charge in [-0.1, -0.05) is 170 Å². The summed E-state index contributed by atoms with van der Waals surface area (Å²) in [5.74, 6) is 1.82. The Kier molecular flexibility index (Phi) is 7.43. The first-order chi connectivity index (χ1) is 26.3. The van der Waals surface area contributed by atoms with E-state index < -0.39 is 0 Å². The third kappa shape index (κ3) is 5.54. The van der Waals surface area contributed by atoms with E-state index in [4.69, 9.17) is 19.4 Å². The first-order valence-corrected chi connectivity index (χ1v) is 17.8. The molecule has 0 unspecified atom stereocenters. The third-order valence-corrected chi connectivity index (χ3v) is 9.98. The van der Waals surface area contributed by atoms with Gasteiger partial charge in [-0.25, -0.2) is 15.0 Å². The van der Waals surface area contributed by atoms with E-state index >= 15 is 0 Å². The summed E-state index contributed by atoms with van der Waals surface area (Å²) < 4.78 is 6.66. The molecule has 0 saturated carbocycles.